The maximum Gasteiger partial charge on any atom is 0.128 e. The van der Waals surface area contributed by atoms with Gasteiger partial charge in [0, 0.05) is 31.4 Å². The predicted octanol–water partition coefficient (Wildman–Crippen LogP) is 1.74. The molecule has 4 nitrogen and oxygen atoms in total. The molecule has 2 saturated heterocycles. The number of fused-ring (bicyclic) bond motifs is 2. The van der Waals surface area contributed by atoms with Crippen LogP contribution < -0.4 is 10.2 Å². The minimum Gasteiger partial charge on any atom is -0.353 e. The van der Waals surface area contributed by atoms with Crippen LogP contribution in [-0.4, -0.2) is 30.2 Å². The van der Waals surface area contributed by atoms with Crippen molar-refractivity contribution >= 4 is 30.6 Å². The highest BCUT2D eigenvalue weighted by Crippen LogP contribution is 2.23. The number of nitrogens with zero attached hydrogens (tertiary/aromatic N) is 3. The standard InChI is InChI=1S/C12H14N4.2ClH/c13-5-9-1-4-12(14-6-9)16-7-10-2-3-11(8-16)15-10;;/h1,4,6,10-11,15H,2-3,7-8H2;2*1H. The summed E-state index contributed by atoms with van der Waals surface area (Å²) < 4.78 is 0. The molecule has 3 rings (SSSR count). The number of nitrogens with one attached hydrogen (secondary N) is 1. The lowest BCUT2D eigenvalue weighted by atomic mass is 10.2. The minimum atomic E-state index is 0. The zero-order valence-corrected chi connectivity index (χ0v) is 11.5. The lowest BCUT2D eigenvalue weighted by Crippen LogP contribution is -2.51. The van der Waals surface area contributed by atoms with Gasteiger partial charge in [0.15, 0.2) is 0 Å². The lowest BCUT2D eigenvalue weighted by Gasteiger charge is -2.33. The molecule has 2 aliphatic rings. The van der Waals surface area contributed by atoms with Crippen molar-refractivity contribution in [1.29, 1.82) is 5.26 Å². The van der Waals surface area contributed by atoms with E-state index in [0.29, 0.717) is 17.6 Å². The van der Waals surface area contributed by atoms with Crippen LogP contribution in [0, 0.1) is 11.3 Å². The van der Waals surface area contributed by atoms with Crippen LogP contribution in [0.25, 0.3) is 0 Å². The van der Waals surface area contributed by atoms with Crippen LogP contribution in [0.5, 0.6) is 0 Å². The number of hydrogen-bond donors (Lipinski definition) is 1. The Morgan fingerprint density at radius 1 is 1.22 bits per heavy atom. The van der Waals surface area contributed by atoms with Crippen LogP contribution in [0.4, 0.5) is 5.82 Å². The average Bonchev–Trinajstić information content (AvgIpc) is 2.68. The summed E-state index contributed by atoms with van der Waals surface area (Å²) in [7, 11) is 0. The number of rotatable bonds is 1. The van der Waals surface area contributed by atoms with Gasteiger partial charge in [-0.1, -0.05) is 0 Å². The van der Waals surface area contributed by atoms with E-state index < -0.39 is 0 Å². The van der Waals surface area contributed by atoms with Gasteiger partial charge < -0.3 is 10.2 Å². The molecule has 2 aliphatic heterocycles. The summed E-state index contributed by atoms with van der Waals surface area (Å²) in [4.78, 5) is 6.66. The predicted molar refractivity (Wildman–Crippen MR) is 75.6 cm³/mol. The molecule has 1 N–H and O–H groups in total. The zero-order valence-electron chi connectivity index (χ0n) is 9.87. The summed E-state index contributed by atoms with van der Waals surface area (Å²) in [5, 5.41) is 12.3. The first-order valence-corrected chi connectivity index (χ1v) is 5.72. The van der Waals surface area contributed by atoms with Gasteiger partial charge >= 0.3 is 0 Å². The second-order valence-electron chi connectivity index (χ2n) is 4.56. The van der Waals surface area contributed by atoms with E-state index in [2.05, 4.69) is 21.3 Å². The van der Waals surface area contributed by atoms with Gasteiger partial charge in [-0.2, -0.15) is 5.26 Å². The molecule has 0 radical (unpaired) electrons. The Morgan fingerprint density at radius 3 is 2.39 bits per heavy atom. The fourth-order valence-electron chi connectivity index (χ4n) is 2.62. The van der Waals surface area contributed by atoms with Gasteiger partial charge in [0.2, 0.25) is 0 Å². The van der Waals surface area contributed by atoms with E-state index in [1.807, 2.05) is 12.1 Å². The van der Waals surface area contributed by atoms with E-state index in [9.17, 15) is 0 Å². The first-order valence-electron chi connectivity index (χ1n) is 5.72. The maximum absolute atomic E-state index is 8.72. The second kappa shape index (κ2) is 6.24. The third kappa shape index (κ3) is 2.86. The van der Waals surface area contributed by atoms with Crippen molar-refractivity contribution in [3.8, 4) is 6.07 Å². The largest absolute Gasteiger partial charge is 0.353 e. The third-order valence-corrected chi connectivity index (χ3v) is 3.42. The second-order valence-corrected chi connectivity index (χ2v) is 4.56. The number of pyridine rings is 1. The molecular formula is C12H16Cl2N4. The van der Waals surface area contributed by atoms with Crippen molar-refractivity contribution in [1.82, 2.24) is 10.3 Å². The number of anilines is 1. The molecule has 3 heterocycles. The molecule has 0 aliphatic carbocycles. The number of hydrogen-bond acceptors (Lipinski definition) is 4. The summed E-state index contributed by atoms with van der Waals surface area (Å²) in [5.74, 6) is 0.998. The smallest absolute Gasteiger partial charge is 0.128 e. The Kier molecular flexibility index (Phi) is 5.21. The number of piperazine rings is 1. The van der Waals surface area contributed by atoms with Gasteiger partial charge in [0.25, 0.3) is 0 Å². The van der Waals surface area contributed by atoms with E-state index in [0.717, 1.165) is 18.9 Å². The van der Waals surface area contributed by atoms with E-state index in [1.165, 1.54) is 12.8 Å². The minimum absolute atomic E-state index is 0. The van der Waals surface area contributed by atoms with E-state index >= 15 is 0 Å². The summed E-state index contributed by atoms with van der Waals surface area (Å²) in [6.07, 6.45) is 4.20. The quantitative estimate of drug-likeness (QED) is 0.854. The summed E-state index contributed by atoms with van der Waals surface area (Å²) in [6.45, 7) is 2.07. The molecule has 0 saturated carbocycles. The molecule has 2 unspecified atom stereocenters. The Bertz CT molecular complexity index is 417. The summed E-state index contributed by atoms with van der Waals surface area (Å²) in [5.41, 5.74) is 0.627. The van der Waals surface area contributed by atoms with Gasteiger partial charge in [-0.3, -0.25) is 0 Å². The first-order chi connectivity index (χ1) is 7.85. The molecular weight excluding hydrogens is 271 g/mol. The van der Waals surface area contributed by atoms with Crippen molar-refractivity contribution in [2.75, 3.05) is 18.0 Å². The Labute approximate surface area is 119 Å². The van der Waals surface area contributed by atoms with Crippen LogP contribution >= 0.6 is 24.8 Å². The molecule has 98 valence electrons. The van der Waals surface area contributed by atoms with Gasteiger partial charge in [-0.15, -0.1) is 24.8 Å². The van der Waals surface area contributed by atoms with Gasteiger partial charge in [0.1, 0.15) is 11.9 Å². The number of nitriles is 1. The highest BCUT2D eigenvalue weighted by Gasteiger charge is 2.32. The Balaban J connectivity index is 0.000000810. The molecule has 1 aromatic rings. The van der Waals surface area contributed by atoms with Crippen molar-refractivity contribution in [3.05, 3.63) is 23.9 Å². The Morgan fingerprint density at radius 2 is 1.89 bits per heavy atom. The normalized spacial score (nSPS) is 24.7. The molecule has 0 spiro atoms. The number of halogens is 2. The maximum atomic E-state index is 8.72. The third-order valence-electron chi connectivity index (χ3n) is 3.42. The van der Waals surface area contributed by atoms with Crippen molar-refractivity contribution in [2.45, 2.75) is 24.9 Å². The highest BCUT2D eigenvalue weighted by molar-refractivity contribution is 5.85. The number of aromatic nitrogens is 1. The van der Waals surface area contributed by atoms with Crippen LogP contribution in [-0.2, 0) is 0 Å². The summed E-state index contributed by atoms with van der Waals surface area (Å²) >= 11 is 0. The Hall–Kier alpha value is -1.02. The zero-order chi connectivity index (χ0) is 11.0. The topological polar surface area (TPSA) is 52.0 Å². The SMILES string of the molecule is Cl.Cl.N#Cc1ccc(N2CC3CCC(C2)N3)nc1. The van der Waals surface area contributed by atoms with Crippen LogP contribution in [0.3, 0.4) is 0 Å². The van der Waals surface area contributed by atoms with Crippen molar-refractivity contribution < 1.29 is 0 Å². The fraction of sp³-hybridized carbons (Fsp3) is 0.500. The fourth-order valence-corrected chi connectivity index (χ4v) is 2.62. The molecule has 0 amide bonds. The van der Waals surface area contributed by atoms with E-state index in [1.54, 1.807) is 6.20 Å². The molecule has 6 heteroatoms. The van der Waals surface area contributed by atoms with Crippen LogP contribution in [0.1, 0.15) is 18.4 Å². The highest BCUT2D eigenvalue weighted by atomic mass is 35.5. The van der Waals surface area contributed by atoms with E-state index in [-0.39, 0.29) is 24.8 Å². The van der Waals surface area contributed by atoms with Gasteiger partial charge in [-0.25, -0.2) is 4.98 Å². The van der Waals surface area contributed by atoms with Crippen molar-refractivity contribution in [2.24, 2.45) is 0 Å². The van der Waals surface area contributed by atoms with E-state index in [4.69, 9.17) is 5.26 Å². The molecule has 2 fully saturated rings. The lowest BCUT2D eigenvalue weighted by molar-refractivity contribution is 0.463. The van der Waals surface area contributed by atoms with Gasteiger partial charge in [-0.05, 0) is 25.0 Å². The monoisotopic (exact) mass is 286 g/mol. The molecule has 1 aromatic heterocycles. The molecule has 2 bridgehead atoms. The van der Waals surface area contributed by atoms with Crippen LogP contribution in [0.2, 0.25) is 0 Å². The van der Waals surface area contributed by atoms with Crippen molar-refractivity contribution in [3.63, 3.8) is 0 Å². The first kappa shape index (κ1) is 15.0. The molecule has 0 aromatic carbocycles. The average molecular weight is 287 g/mol. The van der Waals surface area contributed by atoms with Crippen LogP contribution in [0.15, 0.2) is 18.3 Å². The summed E-state index contributed by atoms with van der Waals surface area (Å²) in [6, 6.07) is 7.12. The molecule has 18 heavy (non-hydrogen) atoms. The molecule has 2 atom stereocenters. The van der Waals surface area contributed by atoms with Gasteiger partial charge in [0.05, 0.1) is 5.56 Å².